The van der Waals surface area contributed by atoms with Gasteiger partial charge in [0.05, 0.1) is 22.7 Å². The van der Waals surface area contributed by atoms with Gasteiger partial charge in [0, 0.05) is 41.5 Å². The van der Waals surface area contributed by atoms with Gasteiger partial charge in [-0.2, -0.15) is 5.10 Å². The van der Waals surface area contributed by atoms with Crippen molar-refractivity contribution in [2.24, 2.45) is 0 Å². The monoisotopic (exact) mass is 492 g/mol. The summed E-state index contributed by atoms with van der Waals surface area (Å²) < 4.78 is 47.6. The van der Waals surface area contributed by atoms with Crippen molar-refractivity contribution in [3.05, 3.63) is 89.8 Å². The van der Waals surface area contributed by atoms with Crippen LogP contribution in [0.25, 0.3) is 22.2 Å². The molecule has 2 aromatic carbocycles. The van der Waals surface area contributed by atoms with Crippen molar-refractivity contribution in [1.82, 2.24) is 19.9 Å². The summed E-state index contributed by atoms with van der Waals surface area (Å²) in [6.45, 7) is 2.01. The number of ketones is 1. The highest BCUT2D eigenvalue weighted by atomic mass is 32.2. The summed E-state index contributed by atoms with van der Waals surface area (Å²) in [5, 5.41) is 10.9. The maximum atomic E-state index is 14.4. The van der Waals surface area contributed by atoms with Crippen LogP contribution in [0.5, 0.6) is 0 Å². The molecule has 0 fully saturated rings. The summed E-state index contributed by atoms with van der Waals surface area (Å²) in [6, 6.07) is 15.1. The van der Waals surface area contributed by atoms with E-state index in [4.69, 9.17) is 4.52 Å². The van der Waals surface area contributed by atoms with E-state index < -0.39 is 21.4 Å². The van der Waals surface area contributed by atoms with Crippen molar-refractivity contribution in [2.75, 3.05) is 5.75 Å². The van der Waals surface area contributed by atoms with Crippen LogP contribution in [-0.2, 0) is 27.6 Å². The molecule has 5 rings (SSSR count). The highest BCUT2D eigenvalue weighted by molar-refractivity contribution is 7.92. The van der Waals surface area contributed by atoms with Crippen molar-refractivity contribution < 1.29 is 22.1 Å². The molecule has 0 bridgehead atoms. The van der Waals surface area contributed by atoms with E-state index in [1.54, 1.807) is 54.1 Å². The number of fused-ring (bicyclic) bond motifs is 1. The van der Waals surface area contributed by atoms with E-state index in [9.17, 15) is 17.6 Å². The maximum absolute atomic E-state index is 14.4. The molecule has 0 aliphatic heterocycles. The lowest BCUT2D eigenvalue weighted by Crippen LogP contribution is -2.18. The van der Waals surface area contributed by atoms with Crippen LogP contribution in [0.1, 0.15) is 17.0 Å². The number of hydrogen-bond acceptors (Lipinski definition) is 6. The molecule has 3 aromatic heterocycles. The molecule has 0 aliphatic rings. The van der Waals surface area contributed by atoms with Crippen molar-refractivity contribution >= 4 is 26.5 Å². The second-order valence-electron chi connectivity index (χ2n) is 8.33. The molecule has 0 spiro atoms. The van der Waals surface area contributed by atoms with Gasteiger partial charge in [-0.15, -0.1) is 0 Å². The lowest BCUT2D eigenvalue weighted by molar-refractivity contribution is -0.116. The van der Waals surface area contributed by atoms with E-state index in [1.165, 1.54) is 12.3 Å². The predicted molar refractivity (Wildman–Crippen MR) is 127 cm³/mol. The number of aryl methyl sites for hydroxylation is 1. The number of aromatic nitrogens is 4. The van der Waals surface area contributed by atoms with Gasteiger partial charge in [0.15, 0.2) is 15.6 Å². The zero-order chi connectivity index (χ0) is 24.6. The van der Waals surface area contributed by atoms with Gasteiger partial charge in [-0.1, -0.05) is 29.4 Å². The molecule has 0 aliphatic carbocycles. The molecule has 0 atom stereocenters. The number of hydrogen-bond donors (Lipinski definition) is 1. The molecule has 3 heterocycles. The maximum Gasteiger partial charge on any atom is 0.187 e. The number of Topliss-reactive ketones (excluding diaryl/α,β-unsaturated/α-hetero) is 1. The molecule has 5 aromatic rings. The average Bonchev–Trinajstić information content (AvgIpc) is 3.56. The predicted octanol–water partition coefficient (Wildman–Crippen LogP) is 4.10. The highest BCUT2D eigenvalue weighted by Gasteiger charge is 2.25. The molecule has 178 valence electrons. The average molecular weight is 493 g/mol. The number of H-pyrrole nitrogens is 1. The molecule has 0 amide bonds. The van der Waals surface area contributed by atoms with Crippen LogP contribution in [0.15, 0.2) is 76.4 Å². The SMILES string of the molecule is Cc1cc(CC(=O)CS(=O)(=O)c2cn(Cc3ccc(F)c(-c4ccn[nH]4)c3)c3ccccc23)no1. The minimum Gasteiger partial charge on any atom is -0.361 e. The first-order valence-corrected chi connectivity index (χ1v) is 12.5. The zero-order valence-corrected chi connectivity index (χ0v) is 19.5. The van der Waals surface area contributed by atoms with Crippen molar-refractivity contribution in [3.63, 3.8) is 0 Å². The van der Waals surface area contributed by atoms with Gasteiger partial charge in [0.2, 0.25) is 0 Å². The number of rotatable bonds is 8. The Morgan fingerprint density at radius 1 is 1.14 bits per heavy atom. The van der Waals surface area contributed by atoms with Gasteiger partial charge in [-0.25, -0.2) is 12.8 Å². The third kappa shape index (κ3) is 4.65. The highest BCUT2D eigenvalue weighted by Crippen LogP contribution is 2.28. The Morgan fingerprint density at radius 3 is 2.71 bits per heavy atom. The third-order valence-corrected chi connectivity index (χ3v) is 7.37. The number of aromatic amines is 1. The molecular formula is C25H21FN4O4S. The molecule has 0 saturated carbocycles. The van der Waals surface area contributed by atoms with E-state index in [0.717, 1.165) is 5.56 Å². The first-order chi connectivity index (χ1) is 16.8. The summed E-state index contributed by atoms with van der Waals surface area (Å²) >= 11 is 0. The summed E-state index contributed by atoms with van der Waals surface area (Å²) in [6.07, 6.45) is 2.96. The first-order valence-electron chi connectivity index (χ1n) is 10.8. The molecule has 8 nitrogen and oxygen atoms in total. The third-order valence-electron chi connectivity index (χ3n) is 5.67. The van der Waals surface area contributed by atoms with Gasteiger partial charge < -0.3 is 9.09 Å². The fraction of sp³-hybridized carbons (Fsp3) is 0.160. The Hall–Kier alpha value is -4.05. The van der Waals surface area contributed by atoms with Crippen LogP contribution in [0, 0.1) is 12.7 Å². The summed E-state index contributed by atoms with van der Waals surface area (Å²) in [5.74, 6) is -0.958. The topological polar surface area (TPSA) is 111 Å². The quantitative estimate of drug-likeness (QED) is 0.349. The minimum absolute atomic E-state index is 0.0775. The van der Waals surface area contributed by atoms with Crippen LogP contribution >= 0.6 is 0 Å². The second-order valence-corrected chi connectivity index (χ2v) is 10.3. The Bertz CT molecular complexity index is 1640. The van der Waals surface area contributed by atoms with Crippen molar-refractivity contribution in [1.29, 1.82) is 0 Å². The molecule has 0 saturated heterocycles. The number of sulfone groups is 1. The molecular weight excluding hydrogens is 471 g/mol. The van der Waals surface area contributed by atoms with Gasteiger partial charge in [0.1, 0.15) is 17.3 Å². The number of para-hydroxylation sites is 1. The Balaban J connectivity index is 1.46. The molecule has 10 heteroatoms. The van der Waals surface area contributed by atoms with Crippen LogP contribution < -0.4 is 0 Å². The zero-order valence-electron chi connectivity index (χ0n) is 18.7. The van der Waals surface area contributed by atoms with Gasteiger partial charge >= 0.3 is 0 Å². The fourth-order valence-electron chi connectivity index (χ4n) is 4.12. The van der Waals surface area contributed by atoms with E-state index in [-0.39, 0.29) is 17.1 Å². The first kappa shape index (κ1) is 22.7. The number of carbonyl (C=O) groups excluding carboxylic acids is 1. The largest absolute Gasteiger partial charge is 0.361 e. The summed E-state index contributed by atoms with van der Waals surface area (Å²) in [7, 11) is -3.92. The van der Waals surface area contributed by atoms with Crippen LogP contribution in [0.2, 0.25) is 0 Å². The van der Waals surface area contributed by atoms with Crippen LogP contribution in [0.4, 0.5) is 4.39 Å². The van der Waals surface area contributed by atoms with E-state index in [2.05, 4.69) is 15.4 Å². The minimum atomic E-state index is -3.92. The molecule has 35 heavy (non-hydrogen) atoms. The van der Waals surface area contributed by atoms with E-state index in [0.29, 0.717) is 40.2 Å². The van der Waals surface area contributed by atoms with Crippen molar-refractivity contribution in [3.8, 4) is 11.3 Å². The Morgan fingerprint density at radius 2 is 1.97 bits per heavy atom. The Labute approximate surface area is 200 Å². The molecule has 0 radical (unpaired) electrons. The fourth-order valence-corrected chi connectivity index (χ4v) is 5.59. The standard InChI is InChI=1S/C25H21FN4O4S/c1-16-10-18(29-34-16)12-19(31)15-35(32,33)25-14-30(24-5-3-2-4-20(24)25)13-17-6-7-22(26)21(11-17)23-8-9-27-28-23/h2-11,14H,12-13,15H2,1H3,(H,27,28). The lowest BCUT2D eigenvalue weighted by Gasteiger charge is -2.08. The van der Waals surface area contributed by atoms with Crippen LogP contribution in [-0.4, -0.2) is 39.9 Å². The lowest BCUT2D eigenvalue weighted by atomic mass is 10.1. The second kappa shape index (κ2) is 8.95. The van der Waals surface area contributed by atoms with E-state index in [1.807, 2.05) is 12.1 Å². The van der Waals surface area contributed by atoms with Crippen molar-refractivity contribution in [2.45, 2.75) is 24.8 Å². The molecule has 0 unspecified atom stereocenters. The van der Waals surface area contributed by atoms with Gasteiger partial charge in [-0.3, -0.25) is 9.89 Å². The van der Waals surface area contributed by atoms with Gasteiger partial charge in [0.25, 0.3) is 0 Å². The normalized spacial score (nSPS) is 11.8. The van der Waals surface area contributed by atoms with Gasteiger partial charge in [-0.05, 0) is 36.8 Å². The smallest absolute Gasteiger partial charge is 0.187 e. The van der Waals surface area contributed by atoms with Crippen LogP contribution in [0.3, 0.4) is 0 Å². The number of nitrogens with zero attached hydrogens (tertiary/aromatic N) is 3. The number of benzene rings is 2. The number of nitrogens with one attached hydrogen (secondary N) is 1. The summed E-state index contributed by atoms with van der Waals surface area (Å²) in [4.78, 5) is 12.6. The number of carbonyl (C=O) groups is 1. The Kier molecular flexibility index (Phi) is 5.81. The van der Waals surface area contributed by atoms with E-state index >= 15 is 0 Å². The summed E-state index contributed by atoms with van der Waals surface area (Å²) in [5.41, 5.74) is 2.79. The molecule has 1 N–H and O–H groups in total. The number of halogens is 1.